The molecule has 1 aliphatic rings. The van der Waals surface area contributed by atoms with E-state index >= 15 is 0 Å². The van der Waals surface area contributed by atoms with Gasteiger partial charge in [0.2, 0.25) is 5.91 Å². The topological polar surface area (TPSA) is 62.3 Å². The Balaban J connectivity index is 1.98. The van der Waals surface area contributed by atoms with Gasteiger partial charge in [0.05, 0.1) is 5.56 Å². The van der Waals surface area contributed by atoms with E-state index < -0.39 is 11.9 Å². The summed E-state index contributed by atoms with van der Waals surface area (Å²) >= 11 is 0. The second kappa shape index (κ2) is 6.39. The second-order valence-electron chi connectivity index (χ2n) is 5.87. The lowest BCUT2D eigenvalue weighted by Crippen LogP contribution is -2.52. The standard InChI is InChI=1S/C18H18FN3O2/c1-11-8-14(10-21-12(11)2)18(24)22-7-6-20-17(23)16(22)13-4-3-5-15(19)9-13/h3-5,8-10,16H,6-7H2,1-2H3,(H,20,23). The Hall–Kier alpha value is -2.76. The number of aromatic nitrogens is 1. The van der Waals surface area contributed by atoms with E-state index in [2.05, 4.69) is 10.3 Å². The van der Waals surface area contributed by atoms with Crippen molar-refractivity contribution < 1.29 is 14.0 Å². The Morgan fingerprint density at radius 1 is 1.33 bits per heavy atom. The van der Waals surface area contributed by atoms with E-state index in [9.17, 15) is 14.0 Å². The van der Waals surface area contributed by atoms with Crippen LogP contribution in [-0.2, 0) is 4.79 Å². The van der Waals surface area contributed by atoms with Gasteiger partial charge in [-0.3, -0.25) is 14.6 Å². The lowest BCUT2D eigenvalue weighted by Gasteiger charge is -2.35. The van der Waals surface area contributed by atoms with Crippen LogP contribution in [0.2, 0.25) is 0 Å². The zero-order valence-electron chi connectivity index (χ0n) is 13.5. The number of pyridine rings is 1. The van der Waals surface area contributed by atoms with Gasteiger partial charge < -0.3 is 10.2 Å². The summed E-state index contributed by atoms with van der Waals surface area (Å²) in [5, 5.41) is 2.74. The molecule has 1 aromatic carbocycles. The van der Waals surface area contributed by atoms with Crippen molar-refractivity contribution in [3.8, 4) is 0 Å². The van der Waals surface area contributed by atoms with Gasteiger partial charge in [-0.25, -0.2) is 4.39 Å². The number of amides is 2. The van der Waals surface area contributed by atoms with Crippen molar-refractivity contribution in [3.63, 3.8) is 0 Å². The molecule has 2 amide bonds. The molecule has 124 valence electrons. The molecule has 1 atom stereocenters. The quantitative estimate of drug-likeness (QED) is 0.919. The van der Waals surface area contributed by atoms with E-state index in [-0.39, 0.29) is 11.8 Å². The summed E-state index contributed by atoms with van der Waals surface area (Å²) in [6.45, 7) is 4.48. The van der Waals surface area contributed by atoms with Crippen LogP contribution in [-0.4, -0.2) is 34.8 Å². The highest BCUT2D eigenvalue weighted by Crippen LogP contribution is 2.26. The Kier molecular flexibility index (Phi) is 4.29. The molecule has 24 heavy (non-hydrogen) atoms. The first-order valence-corrected chi connectivity index (χ1v) is 7.75. The van der Waals surface area contributed by atoms with Crippen molar-refractivity contribution in [1.82, 2.24) is 15.2 Å². The van der Waals surface area contributed by atoms with Gasteiger partial charge in [-0.05, 0) is 43.2 Å². The average Bonchev–Trinajstić information content (AvgIpc) is 2.56. The van der Waals surface area contributed by atoms with Gasteiger partial charge in [-0.2, -0.15) is 0 Å². The SMILES string of the molecule is Cc1cc(C(=O)N2CCNC(=O)C2c2cccc(F)c2)cnc1C. The van der Waals surface area contributed by atoms with E-state index in [0.717, 1.165) is 11.3 Å². The molecule has 1 aliphatic heterocycles. The minimum absolute atomic E-state index is 0.283. The molecule has 0 bridgehead atoms. The molecule has 1 aromatic heterocycles. The molecule has 1 fully saturated rings. The minimum Gasteiger partial charge on any atom is -0.352 e. The molecule has 1 saturated heterocycles. The van der Waals surface area contributed by atoms with E-state index in [4.69, 9.17) is 0 Å². The van der Waals surface area contributed by atoms with Crippen LogP contribution >= 0.6 is 0 Å². The second-order valence-corrected chi connectivity index (χ2v) is 5.87. The predicted molar refractivity (Wildman–Crippen MR) is 86.9 cm³/mol. The number of rotatable bonds is 2. The van der Waals surface area contributed by atoms with Gasteiger partial charge in [0.1, 0.15) is 11.9 Å². The van der Waals surface area contributed by atoms with Crippen LogP contribution in [0.5, 0.6) is 0 Å². The molecular weight excluding hydrogens is 309 g/mol. The number of carbonyl (C=O) groups excluding carboxylic acids is 2. The molecule has 1 N–H and O–H groups in total. The highest BCUT2D eigenvalue weighted by Gasteiger charge is 2.35. The highest BCUT2D eigenvalue weighted by molar-refractivity contribution is 5.98. The van der Waals surface area contributed by atoms with Gasteiger partial charge in [0, 0.05) is 25.0 Å². The predicted octanol–water partition coefficient (Wildman–Crippen LogP) is 2.15. The molecular formula is C18H18FN3O2. The minimum atomic E-state index is -0.844. The normalized spacial score (nSPS) is 17.5. The van der Waals surface area contributed by atoms with E-state index in [0.29, 0.717) is 24.2 Å². The van der Waals surface area contributed by atoms with Crippen molar-refractivity contribution >= 4 is 11.8 Å². The molecule has 0 spiro atoms. The van der Waals surface area contributed by atoms with Crippen molar-refractivity contribution in [1.29, 1.82) is 0 Å². The zero-order chi connectivity index (χ0) is 17.3. The molecule has 2 aromatic rings. The summed E-state index contributed by atoms with van der Waals surface area (Å²) in [6, 6.07) is 6.70. The maximum Gasteiger partial charge on any atom is 0.256 e. The summed E-state index contributed by atoms with van der Waals surface area (Å²) in [6.07, 6.45) is 1.51. The summed E-state index contributed by atoms with van der Waals surface area (Å²) in [5.41, 5.74) is 2.64. The van der Waals surface area contributed by atoms with Crippen LogP contribution in [0.4, 0.5) is 4.39 Å². The number of benzene rings is 1. The third kappa shape index (κ3) is 2.99. The first-order valence-electron chi connectivity index (χ1n) is 7.75. The van der Waals surface area contributed by atoms with Crippen LogP contribution in [0.15, 0.2) is 36.5 Å². The monoisotopic (exact) mass is 327 g/mol. The maximum atomic E-state index is 13.6. The van der Waals surface area contributed by atoms with E-state index in [1.165, 1.54) is 29.3 Å². The first-order chi connectivity index (χ1) is 11.5. The molecule has 5 nitrogen and oxygen atoms in total. The van der Waals surface area contributed by atoms with Crippen LogP contribution in [0.1, 0.15) is 33.2 Å². The van der Waals surface area contributed by atoms with Gasteiger partial charge in [-0.1, -0.05) is 12.1 Å². The Morgan fingerprint density at radius 3 is 2.83 bits per heavy atom. The van der Waals surface area contributed by atoms with Gasteiger partial charge in [0.25, 0.3) is 5.91 Å². The zero-order valence-corrected chi connectivity index (χ0v) is 13.5. The van der Waals surface area contributed by atoms with E-state index in [1.54, 1.807) is 12.1 Å². The van der Waals surface area contributed by atoms with Gasteiger partial charge in [0.15, 0.2) is 0 Å². The number of halogens is 1. The fourth-order valence-corrected chi connectivity index (χ4v) is 2.82. The molecule has 2 heterocycles. The average molecular weight is 327 g/mol. The summed E-state index contributed by atoms with van der Waals surface area (Å²) in [7, 11) is 0. The van der Waals surface area contributed by atoms with Crippen LogP contribution < -0.4 is 5.32 Å². The fraction of sp³-hybridized carbons (Fsp3) is 0.278. The number of hydrogen-bond acceptors (Lipinski definition) is 3. The van der Waals surface area contributed by atoms with E-state index in [1.807, 2.05) is 13.8 Å². The van der Waals surface area contributed by atoms with Crippen LogP contribution in [0.25, 0.3) is 0 Å². The first kappa shape index (κ1) is 16.1. The molecule has 1 unspecified atom stereocenters. The largest absolute Gasteiger partial charge is 0.352 e. The number of nitrogens with one attached hydrogen (secondary N) is 1. The summed E-state index contributed by atoms with van der Waals surface area (Å²) in [4.78, 5) is 30.9. The third-order valence-electron chi connectivity index (χ3n) is 4.22. The van der Waals surface area contributed by atoms with Crippen molar-refractivity contribution in [2.45, 2.75) is 19.9 Å². The lowest BCUT2D eigenvalue weighted by molar-refractivity contribution is -0.128. The lowest BCUT2D eigenvalue weighted by atomic mass is 10.0. The fourth-order valence-electron chi connectivity index (χ4n) is 2.82. The molecule has 0 radical (unpaired) electrons. The maximum absolute atomic E-state index is 13.6. The number of piperazine rings is 1. The van der Waals surface area contributed by atoms with Gasteiger partial charge in [-0.15, -0.1) is 0 Å². The highest BCUT2D eigenvalue weighted by atomic mass is 19.1. The Morgan fingerprint density at radius 2 is 2.12 bits per heavy atom. The van der Waals surface area contributed by atoms with Crippen LogP contribution in [0, 0.1) is 19.7 Å². The van der Waals surface area contributed by atoms with Crippen molar-refractivity contribution in [3.05, 3.63) is 64.7 Å². The molecule has 0 aliphatic carbocycles. The Bertz CT molecular complexity index is 807. The number of carbonyl (C=O) groups is 2. The summed E-state index contributed by atoms with van der Waals surface area (Å²) < 4.78 is 13.6. The summed E-state index contributed by atoms with van der Waals surface area (Å²) in [5.74, 6) is -1.03. The van der Waals surface area contributed by atoms with Crippen molar-refractivity contribution in [2.24, 2.45) is 0 Å². The smallest absolute Gasteiger partial charge is 0.256 e. The third-order valence-corrected chi connectivity index (χ3v) is 4.22. The molecule has 6 heteroatoms. The van der Waals surface area contributed by atoms with Gasteiger partial charge >= 0.3 is 0 Å². The molecule has 0 saturated carbocycles. The Labute approximate surface area is 139 Å². The molecule has 3 rings (SSSR count). The van der Waals surface area contributed by atoms with Crippen LogP contribution in [0.3, 0.4) is 0 Å². The number of aryl methyl sites for hydroxylation is 2. The number of nitrogens with zero attached hydrogens (tertiary/aromatic N) is 2. The van der Waals surface area contributed by atoms with Crippen molar-refractivity contribution in [2.75, 3.05) is 13.1 Å². The number of hydrogen-bond donors (Lipinski definition) is 1.